The van der Waals surface area contributed by atoms with Crippen LogP contribution < -0.4 is 16.8 Å². The number of anilines is 1. The summed E-state index contributed by atoms with van der Waals surface area (Å²) in [7, 11) is 0. The topological polar surface area (TPSA) is 81.1 Å². The predicted octanol–water partition coefficient (Wildman–Crippen LogP) is 1.31. The van der Waals surface area contributed by atoms with Crippen molar-refractivity contribution < 1.29 is 4.79 Å². The highest BCUT2D eigenvalue weighted by molar-refractivity contribution is 9.10. The molecular weight excluding hydrogens is 258 g/mol. The fourth-order valence-electron chi connectivity index (χ4n) is 1.08. The molecule has 1 atom stereocenters. The summed E-state index contributed by atoms with van der Waals surface area (Å²) < 4.78 is 0.805. The monoisotopic (exact) mass is 271 g/mol. The molecule has 0 saturated heterocycles. The standard InChI is InChI=1S/C10H14BrN3O/c1-6(12)5-14-9-3-2-7(10(13)15)4-8(9)11/h2-4,6,14H,5,12H2,1H3,(H2,13,15). The van der Waals surface area contributed by atoms with Crippen molar-refractivity contribution in [3.05, 3.63) is 28.2 Å². The Kier molecular flexibility index (Phi) is 4.11. The zero-order valence-electron chi connectivity index (χ0n) is 8.46. The molecule has 0 aliphatic rings. The van der Waals surface area contributed by atoms with Crippen LogP contribution in [0.15, 0.2) is 22.7 Å². The molecule has 1 rings (SSSR count). The van der Waals surface area contributed by atoms with Gasteiger partial charge in [-0.1, -0.05) is 0 Å². The Morgan fingerprint density at radius 3 is 2.73 bits per heavy atom. The van der Waals surface area contributed by atoms with E-state index in [0.717, 1.165) is 10.2 Å². The van der Waals surface area contributed by atoms with Crippen LogP contribution in [0.3, 0.4) is 0 Å². The minimum absolute atomic E-state index is 0.0766. The fourth-order valence-corrected chi connectivity index (χ4v) is 1.60. The third-order valence-electron chi connectivity index (χ3n) is 1.87. The number of hydrogen-bond donors (Lipinski definition) is 3. The molecule has 1 aromatic rings. The number of primary amides is 1. The van der Waals surface area contributed by atoms with Crippen LogP contribution >= 0.6 is 15.9 Å². The number of rotatable bonds is 4. The lowest BCUT2D eigenvalue weighted by atomic mass is 10.2. The minimum atomic E-state index is -0.436. The normalized spacial score (nSPS) is 12.2. The summed E-state index contributed by atoms with van der Waals surface area (Å²) in [6, 6.07) is 5.24. The summed E-state index contributed by atoms with van der Waals surface area (Å²) in [6.45, 7) is 2.59. The Balaban J connectivity index is 2.79. The Labute approximate surface area is 97.1 Å². The van der Waals surface area contributed by atoms with Crippen LogP contribution in [0.1, 0.15) is 17.3 Å². The van der Waals surface area contributed by atoms with Gasteiger partial charge in [0.1, 0.15) is 0 Å². The number of amides is 1. The van der Waals surface area contributed by atoms with Gasteiger partial charge in [-0.3, -0.25) is 4.79 Å². The average molecular weight is 272 g/mol. The van der Waals surface area contributed by atoms with E-state index in [4.69, 9.17) is 11.5 Å². The zero-order chi connectivity index (χ0) is 11.4. The van der Waals surface area contributed by atoms with E-state index in [2.05, 4.69) is 21.2 Å². The summed E-state index contributed by atoms with van der Waals surface area (Å²) >= 11 is 3.35. The van der Waals surface area contributed by atoms with Crippen molar-refractivity contribution in [3.63, 3.8) is 0 Å². The van der Waals surface area contributed by atoms with Crippen molar-refractivity contribution in [3.8, 4) is 0 Å². The molecular formula is C10H14BrN3O. The van der Waals surface area contributed by atoms with E-state index in [1.165, 1.54) is 0 Å². The van der Waals surface area contributed by atoms with Gasteiger partial charge in [-0.05, 0) is 41.1 Å². The molecule has 0 radical (unpaired) electrons. The van der Waals surface area contributed by atoms with Crippen LogP contribution in [0.4, 0.5) is 5.69 Å². The highest BCUT2D eigenvalue weighted by Crippen LogP contribution is 2.23. The van der Waals surface area contributed by atoms with Crippen LogP contribution in [0.5, 0.6) is 0 Å². The molecule has 0 bridgehead atoms. The van der Waals surface area contributed by atoms with E-state index >= 15 is 0 Å². The molecule has 1 unspecified atom stereocenters. The van der Waals surface area contributed by atoms with E-state index in [1.807, 2.05) is 6.92 Å². The third kappa shape index (κ3) is 3.53. The number of nitrogens with one attached hydrogen (secondary N) is 1. The molecule has 0 aliphatic heterocycles. The summed E-state index contributed by atoms with van der Waals surface area (Å²) in [4.78, 5) is 10.9. The highest BCUT2D eigenvalue weighted by Gasteiger charge is 2.05. The first-order valence-electron chi connectivity index (χ1n) is 4.59. The van der Waals surface area contributed by atoms with Gasteiger partial charge in [0.2, 0.25) is 5.91 Å². The van der Waals surface area contributed by atoms with Crippen molar-refractivity contribution in [2.24, 2.45) is 11.5 Å². The molecule has 0 spiro atoms. The second-order valence-electron chi connectivity index (χ2n) is 3.42. The van der Waals surface area contributed by atoms with Gasteiger partial charge >= 0.3 is 0 Å². The Morgan fingerprint density at radius 2 is 2.27 bits per heavy atom. The Bertz CT molecular complexity index is 366. The van der Waals surface area contributed by atoms with Crippen LogP contribution in [-0.2, 0) is 0 Å². The summed E-state index contributed by atoms with van der Waals surface area (Å²) in [5, 5.41) is 3.15. The number of benzene rings is 1. The smallest absolute Gasteiger partial charge is 0.248 e. The van der Waals surface area contributed by atoms with Crippen molar-refractivity contribution in [2.45, 2.75) is 13.0 Å². The fraction of sp³-hybridized carbons (Fsp3) is 0.300. The van der Waals surface area contributed by atoms with E-state index in [9.17, 15) is 4.79 Å². The maximum atomic E-state index is 10.9. The first kappa shape index (κ1) is 12.0. The predicted molar refractivity (Wildman–Crippen MR) is 64.8 cm³/mol. The van der Waals surface area contributed by atoms with Crippen molar-refractivity contribution in [1.29, 1.82) is 0 Å². The number of nitrogens with two attached hydrogens (primary N) is 2. The van der Waals surface area contributed by atoms with E-state index in [1.54, 1.807) is 18.2 Å². The van der Waals surface area contributed by atoms with Crippen LogP contribution in [-0.4, -0.2) is 18.5 Å². The molecule has 5 N–H and O–H groups in total. The van der Waals surface area contributed by atoms with Gasteiger partial charge in [0.25, 0.3) is 0 Å². The summed E-state index contributed by atoms with van der Waals surface area (Å²) in [5.74, 6) is -0.436. The Hall–Kier alpha value is -1.07. The molecule has 15 heavy (non-hydrogen) atoms. The second-order valence-corrected chi connectivity index (χ2v) is 4.27. The SMILES string of the molecule is CC(N)CNc1ccc(C(N)=O)cc1Br. The lowest BCUT2D eigenvalue weighted by molar-refractivity contribution is 0.100. The van der Waals surface area contributed by atoms with Gasteiger partial charge in [-0.25, -0.2) is 0 Å². The lowest BCUT2D eigenvalue weighted by Gasteiger charge is -2.11. The van der Waals surface area contributed by atoms with Gasteiger partial charge in [0.05, 0.1) is 0 Å². The van der Waals surface area contributed by atoms with E-state index in [-0.39, 0.29) is 6.04 Å². The maximum Gasteiger partial charge on any atom is 0.248 e. The van der Waals surface area contributed by atoms with Crippen LogP contribution in [0.25, 0.3) is 0 Å². The summed E-state index contributed by atoms with van der Waals surface area (Å²) in [5.41, 5.74) is 12.2. The van der Waals surface area contributed by atoms with Gasteiger partial charge in [0, 0.05) is 28.3 Å². The molecule has 5 heteroatoms. The van der Waals surface area contributed by atoms with Gasteiger partial charge in [-0.2, -0.15) is 0 Å². The first-order chi connectivity index (χ1) is 7.00. The lowest BCUT2D eigenvalue weighted by Crippen LogP contribution is -2.25. The van der Waals surface area contributed by atoms with Crippen molar-refractivity contribution >= 4 is 27.5 Å². The van der Waals surface area contributed by atoms with E-state index < -0.39 is 5.91 Å². The Morgan fingerprint density at radius 1 is 1.60 bits per heavy atom. The average Bonchev–Trinajstić information content (AvgIpc) is 2.15. The van der Waals surface area contributed by atoms with Crippen molar-refractivity contribution in [1.82, 2.24) is 0 Å². The van der Waals surface area contributed by atoms with E-state index in [0.29, 0.717) is 12.1 Å². The second kappa shape index (κ2) is 5.14. The third-order valence-corrected chi connectivity index (χ3v) is 2.52. The van der Waals surface area contributed by atoms with Crippen LogP contribution in [0, 0.1) is 0 Å². The van der Waals surface area contributed by atoms with Gasteiger partial charge in [0.15, 0.2) is 0 Å². The first-order valence-corrected chi connectivity index (χ1v) is 5.39. The number of halogens is 1. The molecule has 1 amide bonds. The zero-order valence-corrected chi connectivity index (χ0v) is 10.0. The van der Waals surface area contributed by atoms with Gasteiger partial charge in [-0.15, -0.1) is 0 Å². The van der Waals surface area contributed by atoms with Gasteiger partial charge < -0.3 is 16.8 Å². The molecule has 1 aromatic carbocycles. The summed E-state index contributed by atoms with van der Waals surface area (Å²) in [6.07, 6.45) is 0. The minimum Gasteiger partial charge on any atom is -0.383 e. The molecule has 0 aliphatic carbocycles. The largest absolute Gasteiger partial charge is 0.383 e. The molecule has 0 aromatic heterocycles. The number of carbonyl (C=O) groups is 1. The maximum absolute atomic E-state index is 10.9. The van der Waals surface area contributed by atoms with Crippen LogP contribution in [0.2, 0.25) is 0 Å². The molecule has 0 heterocycles. The van der Waals surface area contributed by atoms with Crippen molar-refractivity contribution in [2.75, 3.05) is 11.9 Å². The molecule has 0 fully saturated rings. The molecule has 4 nitrogen and oxygen atoms in total. The molecule has 82 valence electrons. The number of hydrogen-bond acceptors (Lipinski definition) is 3. The quantitative estimate of drug-likeness (QED) is 0.772. The number of carbonyl (C=O) groups excluding carboxylic acids is 1. The highest BCUT2D eigenvalue weighted by atomic mass is 79.9. The molecule has 0 saturated carbocycles.